The summed E-state index contributed by atoms with van der Waals surface area (Å²) in [4.78, 5) is 10.8. The number of hydrogen-bond acceptors (Lipinski definition) is 3. The van der Waals surface area contributed by atoms with E-state index in [9.17, 15) is 15.0 Å². The molecule has 1 aromatic carbocycles. The monoisotopic (exact) mass is 222 g/mol. The minimum absolute atomic E-state index is 0.129. The zero-order chi connectivity index (χ0) is 11.7. The Balaban J connectivity index is 2.53. The fraction of sp³-hybridized carbons (Fsp3) is 0.417. The van der Waals surface area contributed by atoms with Gasteiger partial charge in [0.15, 0.2) is 6.10 Å². The van der Waals surface area contributed by atoms with Crippen molar-refractivity contribution in [3.05, 3.63) is 28.8 Å². The van der Waals surface area contributed by atoms with Gasteiger partial charge in [-0.3, -0.25) is 0 Å². The third-order valence-corrected chi connectivity index (χ3v) is 3.06. The van der Waals surface area contributed by atoms with Crippen LogP contribution in [0.15, 0.2) is 12.1 Å². The first kappa shape index (κ1) is 11.0. The van der Waals surface area contributed by atoms with Crippen molar-refractivity contribution < 1.29 is 20.1 Å². The van der Waals surface area contributed by atoms with E-state index in [0.29, 0.717) is 0 Å². The Morgan fingerprint density at radius 2 is 1.94 bits per heavy atom. The van der Waals surface area contributed by atoms with Crippen LogP contribution in [0.2, 0.25) is 0 Å². The highest BCUT2D eigenvalue weighted by Gasteiger charge is 2.26. The Morgan fingerprint density at radius 3 is 2.62 bits per heavy atom. The van der Waals surface area contributed by atoms with Crippen LogP contribution in [0.1, 0.15) is 35.6 Å². The van der Waals surface area contributed by atoms with Gasteiger partial charge in [0.05, 0.1) is 0 Å². The molecule has 0 bridgehead atoms. The molecule has 0 aromatic heterocycles. The molecule has 2 rings (SSSR count). The number of carboxylic acids is 1. The molecule has 0 radical (unpaired) electrons. The van der Waals surface area contributed by atoms with Crippen molar-refractivity contribution >= 4 is 5.97 Å². The van der Waals surface area contributed by atoms with E-state index in [-0.39, 0.29) is 11.3 Å². The molecule has 1 aliphatic carbocycles. The van der Waals surface area contributed by atoms with Crippen LogP contribution in [0.5, 0.6) is 5.75 Å². The minimum atomic E-state index is -1.63. The fourth-order valence-corrected chi connectivity index (χ4v) is 2.27. The van der Waals surface area contributed by atoms with Crippen LogP contribution in [-0.2, 0) is 17.6 Å². The summed E-state index contributed by atoms with van der Waals surface area (Å²) in [5, 5.41) is 28.0. The lowest BCUT2D eigenvalue weighted by Crippen LogP contribution is -2.16. The zero-order valence-electron chi connectivity index (χ0n) is 8.81. The first-order chi connectivity index (χ1) is 7.61. The Hall–Kier alpha value is -1.55. The van der Waals surface area contributed by atoms with Crippen LogP contribution in [0, 0.1) is 0 Å². The fourth-order valence-electron chi connectivity index (χ4n) is 2.27. The second-order valence-corrected chi connectivity index (χ2v) is 4.08. The molecule has 0 saturated carbocycles. The van der Waals surface area contributed by atoms with Crippen LogP contribution in [0.4, 0.5) is 0 Å². The van der Waals surface area contributed by atoms with E-state index in [1.807, 2.05) is 6.07 Å². The number of aliphatic hydroxyl groups excluding tert-OH is 1. The number of carboxylic acid groups (broad SMARTS) is 1. The van der Waals surface area contributed by atoms with E-state index in [0.717, 1.165) is 36.8 Å². The maximum atomic E-state index is 10.8. The van der Waals surface area contributed by atoms with Gasteiger partial charge in [0.25, 0.3) is 0 Å². The molecule has 1 aliphatic rings. The number of aryl methyl sites for hydroxylation is 1. The largest absolute Gasteiger partial charge is 0.508 e. The van der Waals surface area contributed by atoms with E-state index < -0.39 is 12.1 Å². The van der Waals surface area contributed by atoms with Crippen LogP contribution in [-0.4, -0.2) is 21.3 Å². The quantitative estimate of drug-likeness (QED) is 0.706. The highest BCUT2D eigenvalue weighted by atomic mass is 16.4. The van der Waals surface area contributed by atoms with Crippen molar-refractivity contribution in [2.45, 2.75) is 31.8 Å². The van der Waals surface area contributed by atoms with Crippen molar-refractivity contribution in [2.24, 2.45) is 0 Å². The molecule has 86 valence electrons. The number of phenolic OH excluding ortho intramolecular Hbond substituents is 1. The number of rotatable bonds is 2. The lowest BCUT2D eigenvalue weighted by molar-refractivity contribution is -0.147. The molecule has 0 heterocycles. The number of aromatic hydroxyl groups is 1. The number of carbonyl (C=O) groups is 1. The predicted octanol–water partition coefficient (Wildman–Crippen LogP) is 1.39. The molecule has 3 N–H and O–H groups in total. The van der Waals surface area contributed by atoms with E-state index in [1.54, 1.807) is 0 Å². The number of phenols is 1. The van der Waals surface area contributed by atoms with Crippen LogP contribution >= 0.6 is 0 Å². The molecule has 16 heavy (non-hydrogen) atoms. The van der Waals surface area contributed by atoms with E-state index in [4.69, 9.17) is 5.11 Å². The molecule has 0 spiro atoms. The van der Waals surface area contributed by atoms with Crippen molar-refractivity contribution in [1.82, 2.24) is 0 Å². The number of hydrogen-bond donors (Lipinski definition) is 3. The number of aliphatic carboxylic acids is 1. The van der Waals surface area contributed by atoms with E-state index in [1.165, 1.54) is 6.07 Å². The minimum Gasteiger partial charge on any atom is -0.508 e. The summed E-state index contributed by atoms with van der Waals surface area (Å²) in [5.74, 6) is -1.45. The van der Waals surface area contributed by atoms with Gasteiger partial charge in [-0.25, -0.2) is 4.79 Å². The average molecular weight is 222 g/mol. The molecule has 4 nitrogen and oxygen atoms in total. The average Bonchev–Trinajstić information content (AvgIpc) is 2.28. The highest BCUT2D eigenvalue weighted by molar-refractivity contribution is 5.76. The molecule has 4 heteroatoms. The summed E-state index contributed by atoms with van der Waals surface area (Å²) in [6.07, 6.45) is 2.02. The van der Waals surface area contributed by atoms with E-state index in [2.05, 4.69) is 0 Å². The Kier molecular flexibility index (Phi) is 2.83. The van der Waals surface area contributed by atoms with Gasteiger partial charge in [0.2, 0.25) is 0 Å². The summed E-state index contributed by atoms with van der Waals surface area (Å²) < 4.78 is 0. The highest BCUT2D eigenvalue weighted by Crippen LogP contribution is 2.34. The van der Waals surface area contributed by atoms with Gasteiger partial charge < -0.3 is 15.3 Å². The van der Waals surface area contributed by atoms with Gasteiger partial charge >= 0.3 is 5.97 Å². The first-order valence-electron chi connectivity index (χ1n) is 5.35. The number of fused-ring (bicyclic) bond motifs is 1. The maximum absolute atomic E-state index is 10.8. The first-order valence-corrected chi connectivity index (χ1v) is 5.35. The molecule has 0 aliphatic heterocycles. The molecule has 0 saturated heterocycles. The predicted molar refractivity (Wildman–Crippen MR) is 57.3 cm³/mol. The third-order valence-electron chi connectivity index (χ3n) is 3.06. The molecular weight excluding hydrogens is 208 g/mol. The van der Waals surface area contributed by atoms with Crippen molar-refractivity contribution in [1.29, 1.82) is 0 Å². The molecule has 0 fully saturated rings. The SMILES string of the molecule is O=C(O)C(O)c1c(O)ccc2c1CCCC2. The smallest absolute Gasteiger partial charge is 0.337 e. The zero-order valence-corrected chi connectivity index (χ0v) is 8.81. The maximum Gasteiger partial charge on any atom is 0.337 e. The summed E-state index contributed by atoms with van der Waals surface area (Å²) in [6, 6.07) is 3.27. The van der Waals surface area contributed by atoms with Gasteiger partial charge in [0.1, 0.15) is 5.75 Å². The lowest BCUT2D eigenvalue weighted by atomic mass is 9.86. The molecule has 1 atom stereocenters. The number of aliphatic hydroxyl groups is 1. The van der Waals surface area contributed by atoms with Gasteiger partial charge in [-0.1, -0.05) is 6.07 Å². The third kappa shape index (κ3) is 1.76. The second-order valence-electron chi connectivity index (χ2n) is 4.08. The van der Waals surface area contributed by atoms with Gasteiger partial charge in [-0.2, -0.15) is 0 Å². The Labute approximate surface area is 93.2 Å². The summed E-state index contributed by atoms with van der Waals surface area (Å²) in [5.41, 5.74) is 2.02. The standard InChI is InChI=1S/C12H14O4/c13-9-6-5-7-3-1-2-4-8(7)10(9)11(14)12(15)16/h5-6,11,13-14H,1-4H2,(H,15,16). The Morgan fingerprint density at radius 1 is 1.25 bits per heavy atom. The van der Waals surface area contributed by atoms with Gasteiger partial charge in [0, 0.05) is 5.56 Å². The lowest BCUT2D eigenvalue weighted by Gasteiger charge is -2.21. The molecule has 1 unspecified atom stereocenters. The van der Waals surface area contributed by atoms with Crippen LogP contribution < -0.4 is 0 Å². The van der Waals surface area contributed by atoms with Crippen molar-refractivity contribution in [3.8, 4) is 5.75 Å². The summed E-state index contributed by atoms with van der Waals surface area (Å²) >= 11 is 0. The normalized spacial score (nSPS) is 16.6. The summed E-state index contributed by atoms with van der Waals surface area (Å²) in [7, 11) is 0. The van der Waals surface area contributed by atoms with Crippen LogP contribution in [0.3, 0.4) is 0 Å². The summed E-state index contributed by atoms with van der Waals surface area (Å²) in [6.45, 7) is 0. The molecule has 1 aromatic rings. The van der Waals surface area contributed by atoms with Crippen LogP contribution in [0.25, 0.3) is 0 Å². The second kappa shape index (κ2) is 4.14. The Bertz CT molecular complexity index is 425. The topological polar surface area (TPSA) is 77.8 Å². The van der Waals surface area contributed by atoms with E-state index >= 15 is 0 Å². The number of benzene rings is 1. The van der Waals surface area contributed by atoms with Crippen molar-refractivity contribution in [2.75, 3.05) is 0 Å². The van der Waals surface area contributed by atoms with Gasteiger partial charge in [-0.05, 0) is 42.9 Å². The van der Waals surface area contributed by atoms with Crippen molar-refractivity contribution in [3.63, 3.8) is 0 Å². The molecular formula is C12H14O4. The van der Waals surface area contributed by atoms with Gasteiger partial charge in [-0.15, -0.1) is 0 Å². The molecule has 0 amide bonds.